The van der Waals surface area contributed by atoms with E-state index < -0.39 is 0 Å². The number of carbonyl (C=O) groups excluding carboxylic acids is 1. The quantitative estimate of drug-likeness (QED) is 0.678. The van der Waals surface area contributed by atoms with Gasteiger partial charge in [-0.1, -0.05) is 11.3 Å². The number of fused-ring (bicyclic) bond motifs is 1. The lowest BCUT2D eigenvalue weighted by Gasteiger charge is -2.38. The Balaban J connectivity index is 1.17. The largest absolute Gasteiger partial charge is 0.497 e. The van der Waals surface area contributed by atoms with Gasteiger partial charge in [-0.25, -0.2) is 4.98 Å². The summed E-state index contributed by atoms with van der Waals surface area (Å²) in [6, 6.07) is 14.0. The van der Waals surface area contributed by atoms with Crippen LogP contribution in [0.3, 0.4) is 0 Å². The molecular formula is C22H24N4O3S. The molecule has 2 aliphatic rings. The number of nitrogens with one attached hydrogen (secondary N) is 1. The minimum Gasteiger partial charge on any atom is -0.497 e. The van der Waals surface area contributed by atoms with E-state index in [1.165, 1.54) is 5.69 Å². The zero-order chi connectivity index (χ0) is 20.5. The lowest BCUT2D eigenvalue weighted by atomic mass is 10.00. The molecule has 1 amide bonds. The van der Waals surface area contributed by atoms with Crippen molar-refractivity contribution in [2.45, 2.75) is 0 Å². The average Bonchev–Trinajstić information content (AvgIpc) is 3.16. The second kappa shape index (κ2) is 8.12. The highest BCUT2D eigenvalue weighted by atomic mass is 32.1. The van der Waals surface area contributed by atoms with Crippen molar-refractivity contribution in [3.05, 3.63) is 42.5 Å². The topological polar surface area (TPSA) is 66.9 Å². The number of nitrogens with zero attached hydrogens (tertiary/aromatic N) is 3. The van der Waals surface area contributed by atoms with Crippen LogP contribution in [0.5, 0.6) is 5.75 Å². The van der Waals surface area contributed by atoms with Crippen LogP contribution < -0.4 is 19.9 Å². The molecule has 1 N–H and O–H groups in total. The Morgan fingerprint density at radius 2 is 1.90 bits per heavy atom. The number of anilines is 3. The van der Waals surface area contributed by atoms with Crippen LogP contribution in [-0.2, 0) is 9.53 Å². The van der Waals surface area contributed by atoms with E-state index >= 15 is 0 Å². The van der Waals surface area contributed by atoms with Gasteiger partial charge >= 0.3 is 0 Å². The van der Waals surface area contributed by atoms with Gasteiger partial charge in [0.05, 0.1) is 36.5 Å². The van der Waals surface area contributed by atoms with E-state index in [9.17, 15) is 4.79 Å². The first-order valence-electron chi connectivity index (χ1n) is 10.1. The molecule has 5 rings (SSSR count). The first-order chi connectivity index (χ1) is 14.7. The molecule has 0 aliphatic carbocycles. The molecule has 156 valence electrons. The van der Waals surface area contributed by atoms with Crippen LogP contribution in [0.25, 0.3) is 10.2 Å². The Labute approximate surface area is 179 Å². The average molecular weight is 425 g/mol. The van der Waals surface area contributed by atoms with E-state index in [0.717, 1.165) is 53.1 Å². The van der Waals surface area contributed by atoms with E-state index in [4.69, 9.17) is 9.47 Å². The second-order valence-corrected chi connectivity index (χ2v) is 8.58. The van der Waals surface area contributed by atoms with Crippen molar-refractivity contribution in [2.24, 2.45) is 5.92 Å². The molecule has 2 aliphatic heterocycles. The molecule has 0 atom stereocenters. The predicted molar refractivity (Wildman–Crippen MR) is 120 cm³/mol. The molecule has 0 radical (unpaired) electrons. The molecule has 1 aromatic heterocycles. The number of ether oxygens (including phenoxy) is 2. The highest BCUT2D eigenvalue weighted by Crippen LogP contribution is 2.35. The highest BCUT2D eigenvalue weighted by Gasteiger charge is 2.34. The number of hydrogen-bond acceptors (Lipinski definition) is 7. The summed E-state index contributed by atoms with van der Waals surface area (Å²) in [6.07, 6.45) is 0. The van der Waals surface area contributed by atoms with Gasteiger partial charge in [0.15, 0.2) is 5.13 Å². The van der Waals surface area contributed by atoms with Crippen molar-refractivity contribution in [1.82, 2.24) is 4.98 Å². The van der Waals surface area contributed by atoms with Gasteiger partial charge in [-0.2, -0.15) is 0 Å². The summed E-state index contributed by atoms with van der Waals surface area (Å²) in [5.74, 6) is 0.872. The number of benzene rings is 2. The first-order valence-corrected chi connectivity index (χ1v) is 10.9. The lowest BCUT2D eigenvalue weighted by molar-refractivity contribution is -0.120. The SMILES string of the molecule is COc1ccc2nc(N3CC(C(=O)Nc4ccc(N5CCOCC5)cc4)C3)sc2c1. The maximum absolute atomic E-state index is 12.6. The van der Waals surface area contributed by atoms with E-state index in [-0.39, 0.29) is 11.8 Å². The summed E-state index contributed by atoms with van der Waals surface area (Å²) in [6.45, 7) is 4.71. The molecule has 0 unspecified atom stereocenters. The third-order valence-electron chi connectivity index (χ3n) is 5.62. The zero-order valence-corrected chi connectivity index (χ0v) is 17.7. The number of morpholine rings is 1. The van der Waals surface area contributed by atoms with Gasteiger partial charge in [-0.05, 0) is 42.5 Å². The maximum atomic E-state index is 12.6. The van der Waals surface area contributed by atoms with Gasteiger partial charge in [0.25, 0.3) is 0 Å². The molecule has 0 saturated carbocycles. The van der Waals surface area contributed by atoms with E-state index in [0.29, 0.717) is 13.1 Å². The standard InChI is InChI=1S/C22H24N4O3S/c1-28-18-6-7-19-20(12-18)30-22(24-19)26-13-15(14-26)21(27)23-16-2-4-17(5-3-16)25-8-10-29-11-9-25/h2-7,12,15H,8-11,13-14H2,1H3,(H,23,27). The summed E-state index contributed by atoms with van der Waals surface area (Å²) in [7, 11) is 1.66. The third-order valence-corrected chi connectivity index (χ3v) is 6.70. The molecule has 8 heteroatoms. The molecule has 3 heterocycles. The lowest BCUT2D eigenvalue weighted by Crippen LogP contribution is -2.52. The van der Waals surface area contributed by atoms with E-state index in [1.807, 2.05) is 30.3 Å². The molecule has 7 nitrogen and oxygen atoms in total. The van der Waals surface area contributed by atoms with Crippen LogP contribution in [0.4, 0.5) is 16.5 Å². The smallest absolute Gasteiger partial charge is 0.231 e. The van der Waals surface area contributed by atoms with Crippen LogP contribution in [-0.4, -0.2) is 57.4 Å². The molecule has 30 heavy (non-hydrogen) atoms. The van der Waals surface area contributed by atoms with Gasteiger partial charge in [0, 0.05) is 37.6 Å². The molecular weight excluding hydrogens is 400 g/mol. The number of hydrogen-bond donors (Lipinski definition) is 1. The minimum absolute atomic E-state index is 0.0227. The predicted octanol–water partition coefficient (Wildman–Crippen LogP) is 3.22. The number of thiazole rings is 1. The maximum Gasteiger partial charge on any atom is 0.231 e. The van der Waals surface area contributed by atoms with Crippen molar-refractivity contribution in [2.75, 3.05) is 61.6 Å². The Morgan fingerprint density at radius 1 is 1.13 bits per heavy atom. The summed E-state index contributed by atoms with van der Waals surface area (Å²) in [5.41, 5.74) is 2.96. The Hall–Kier alpha value is -2.84. The van der Waals surface area contributed by atoms with Crippen LogP contribution in [0.2, 0.25) is 0 Å². The zero-order valence-electron chi connectivity index (χ0n) is 16.8. The fraction of sp³-hybridized carbons (Fsp3) is 0.364. The summed E-state index contributed by atoms with van der Waals surface area (Å²) < 4.78 is 11.8. The molecule has 2 saturated heterocycles. The van der Waals surface area contributed by atoms with Gasteiger partial charge in [0.2, 0.25) is 5.91 Å². The van der Waals surface area contributed by atoms with Gasteiger partial charge in [-0.3, -0.25) is 4.79 Å². The third kappa shape index (κ3) is 3.80. The van der Waals surface area contributed by atoms with Crippen molar-refractivity contribution >= 4 is 44.0 Å². The summed E-state index contributed by atoms with van der Waals surface area (Å²) >= 11 is 1.63. The molecule has 3 aromatic rings. The molecule has 0 bridgehead atoms. The van der Waals surface area contributed by atoms with Crippen molar-refractivity contribution < 1.29 is 14.3 Å². The molecule has 2 fully saturated rings. The van der Waals surface area contributed by atoms with Crippen LogP contribution >= 0.6 is 11.3 Å². The second-order valence-electron chi connectivity index (χ2n) is 7.57. The van der Waals surface area contributed by atoms with Crippen molar-refractivity contribution in [3.63, 3.8) is 0 Å². The molecule has 2 aromatic carbocycles. The Bertz CT molecular complexity index is 1040. The summed E-state index contributed by atoms with van der Waals surface area (Å²) in [4.78, 5) is 21.8. The van der Waals surface area contributed by atoms with Crippen LogP contribution in [0, 0.1) is 5.92 Å². The van der Waals surface area contributed by atoms with E-state index in [1.54, 1.807) is 18.4 Å². The fourth-order valence-corrected chi connectivity index (χ4v) is 4.79. The van der Waals surface area contributed by atoms with Gasteiger partial charge < -0.3 is 24.6 Å². The fourth-order valence-electron chi connectivity index (χ4n) is 3.78. The minimum atomic E-state index is -0.0227. The number of aromatic nitrogens is 1. The normalized spacial score (nSPS) is 17.1. The monoisotopic (exact) mass is 424 g/mol. The Morgan fingerprint density at radius 3 is 2.63 bits per heavy atom. The van der Waals surface area contributed by atoms with Gasteiger partial charge in [0.1, 0.15) is 5.75 Å². The highest BCUT2D eigenvalue weighted by molar-refractivity contribution is 7.22. The number of methoxy groups -OCH3 is 1. The summed E-state index contributed by atoms with van der Waals surface area (Å²) in [5, 5.41) is 4.00. The number of carbonyl (C=O) groups is 1. The number of rotatable bonds is 5. The number of amides is 1. The van der Waals surface area contributed by atoms with Crippen molar-refractivity contribution in [3.8, 4) is 5.75 Å². The van der Waals surface area contributed by atoms with Gasteiger partial charge in [-0.15, -0.1) is 0 Å². The first kappa shape index (κ1) is 19.1. The molecule has 0 spiro atoms. The van der Waals surface area contributed by atoms with Crippen LogP contribution in [0.15, 0.2) is 42.5 Å². The Kier molecular flexibility index (Phi) is 5.18. The van der Waals surface area contributed by atoms with E-state index in [2.05, 4.69) is 32.2 Å². The van der Waals surface area contributed by atoms with Crippen LogP contribution in [0.1, 0.15) is 0 Å². The van der Waals surface area contributed by atoms with Crippen molar-refractivity contribution in [1.29, 1.82) is 0 Å².